The summed E-state index contributed by atoms with van der Waals surface area (Å²) in [5, 5.41) is 9.43. The number of allylic oxidation sites excluding steroid dienone is 1. The predicted octanol–water partition coefficient (Wildman–Crippen LogP) is 2.47. The second kappa shape index (κ2) is 5.08. The molecule has 0 aliphatic carbocycles. The molecule has 1 unspecified atom stereocenters. The first-order valence-electron chi connectivity index (χ1n) is 6.80. The first kappa shape index (κ1) is 14.0. The molecule has 3 rings (SSSR count). The zero-order valence-electron chi connectivity index (χ0n) is 12.2. The van der Waals surface area contributed by atoms with Crippen LogP contribution in [0, 0.1) is 25.2 Å². The van der Waals surface area contributed by atoms with Crippen LogP contribution >= 0.6 is 0 Å². The largest absolute Gasteiger partial charge is 0.440 e. The monoisotopic (exact) mass is 294 g/mol. The minimum absolute atomic E-state index is 0.0199. The van der Waals surface area contributed by atoms with E-state index in [1.807, 2.05) is 31.2 Å². The molecule has 0 spiro atoms. The lowest BCUT2D eigenvalue weighted by Crippen LogP contribution is -2.26. The molecule has 5 heteroatoms. The average molecular weight is 294 g/mol. The van der Waals surface area contributed by atoms with Gasteiger partial charge in [0.25, 0.3) is 0 Å². The van der Waals surface area contributed by atoms with Crippen molar-refractivity contribution in [1.29, 1.82) is 5.26 Å². The number of nitrogens with two attached hydrogens (primary N) is 1. The number of ether oxygens (including phenoxy) is 1. The van der Waals surface area contributed by atoms with E-state index >= 15 is 0 Å². The number of hydrogen-bond donors (Lipinski definition) is 1. The summed E-state index contributed by atoms with van der Waals surface area (Å²) in [6, 6.07) is 11.3. The van der Waals surface area contributed by atoms with Crippen LogP contribution in [0.2, 0.25) is 0 Å². The fourth-order valence-electron chi connectivity index (χ4n) is 2.70. The van der Waals surface area contributed by atoms with E-state index in [9.17, 15) is 10.1 Å². The SMILES string of the molecule is Cc1cccc(C2C(C#N)=C(N)Oc3cc(C)oc(=O)c32)c1. The van der Waals surface area contributed by atoms with Crippen LogP contribution in [0.3, 0.4) is 0 Å². The fourth-order valence-corrected chi connectivity index (χ4v) is 2.70. The van der Waals surface area contributed by atoms with Crippen molar-refractivity contribution in [1.82, 2.24) is 0 Å². The van der Waals surface area contributed by atoms with Crippen molar-refractivity contribution in [2.45, 2.75) is 19.8 Å². The highest BCUT2D eigenvalue weighted by atomic mass is 16.5. The lowest BCUT2D eigenvalue weighted by atomic mass is 9.84. The van der Waals surface area contributed by atoms with Gasteiger partial charge >= 0.3 is 5.63 Å². The smallest absolute Gasteiger partial charge is 0.343 e. The van der Waals surface area contributed by atoms with E-state index in [1.165, 1.54) is 0 Å². The summed E-state index contributed by atoms with van der Waals surface area (Å²) in [6.45, 7) is 3.60. The molecule has 2 heterocycles. The van der Waals surface area contributed by atoms with Gasteiger partial charge in [0.05, 0.1) is 11.5 Å². The molecule has 2 N–H and O–H groups in total. The first-order chi connectivity index (χ1) is 10.5. The predicted molar refractivity (Wildman–Crippen MR) is 80.2 cm³/mol. The van der Waals surface area contributed by atoms with E-state index < -0.39 is 11.5 Å². The Kier molecular flexibility index (Phi) is 3.22. The summed E-state index contributed by atoms with van der Waals surface area (Å²) in [7, 11) is 0. The topological polar surface area (TPSA) is 89.2 Å². The molecule has 1 atom stereocenters. The van der Waals surface area contributed by atoms with Gasteiger partial charge in [-0.05, 0) is 19.4 Å². The zero-order chi connectivity index (χ0) is 15.9. The highest BCUT2D eigenvalue weighted by Gasteiger charge is 2.34. The van der Waals surface area contributed by atoms with E-state index in [1.54, 1.807) is 13.0 Å². The van der Waals surface area contributed by atoms with Crippen molar-refractivity contribution in [3.05, 3.63) is 74.7 Å². The number of rotatable bonds is 1. The summed E-state index contributed by atoms with van der Waals surface area (Å²) in [6.07, 6.45) is 0. The molecule has 1 aliphatic rings. The maximum atomic E-state index is 12.3. The molecule has 0 bridgehead atoms. The molecule has 1 aromatic heterocycles. The molecule has 1 aromatic carbocycles. The van der Waals surface area contributed by atoms with Crippen molar-refractivity contribution >= 4 is 0 Å². The van der Waals surface area contributed by atoms with Crippen LogP contribution in [0.25, 0.3) is 0 Å². The number of benzene rings is 1. The Morgan fingerprint density at radius 3 is 2.73 bits per heavy atom. The number of nitriles is 1. The highest BCUT2D eigenvalue weighted by Crippen LogP contribution is 2.40. The van der Waals surface area contributed by atoms with Gasteiger partial charge in [0.2, 0.25) is 5.88 Å². The van der Waals surface area contributed by atoms with Crippen LogP contribution < -0.4 is 16.1 Å². The summed E-state index contributed by atoms with van der Waals surface area (Å²) in [4.78, 5) is 12.3. The van der Waals surface area contributed by atoms with Gasteiger partial charge in [0, 0.05) is 6.07 Å². The molecule has 0 fully saturated rings. The number of hydrogen-bond acceptors (Lipinski definition) is 5. The van der Waals surface area contributed by atoms with Crippen molar-refractivity contribution in [3.8, 4) is 11.8 Å². The summed E-state index contributed by atoms with van der Waals surface area (Å²) in [5.41, 5.74) is 7.72. The average Bonchev–Trinajstić information content (AvgIpc) is 2.45. The summed E-state index contributed by atoms with van der Waals surface area (Å²) in [5.74, 6) is 0.216. The van der Waals surface area contributed by atoms with Crippen molar-refractivity contribution in [2.75, 3.05) is 0 Å². The molecule has 1 aliphatic heterocycles. The van der Waals surface area contributed by atoms with E-state index in [2.05, 4.69) is 6.07 Å². The van der Waals surface area contributed by atoms with Crippen LogP contribution in [0.15, 0.2) is 51.0 Å². The van der Waals surface area contributed by atoms with Gasteiger partial charge in [0.1, 0.15) is 23.2 Å². The Balaban J connectivity index is 2.32. The summed E-state index contributed by atoms with van der Waals surface area (Å²) >= 11 is 0. The van der Waals surface area contributed by atoms with Gasteiger partial charge in [-0.15, -0.1) is 0 Å². The number of aryl methyl sites for hydroxylation is 2. The minimum Gasteiger partial charge on any atom is -0.440 e. The van der Waals surface area contributed by atoms with E-state index in [4.69, 9.17) is 14.9 Å². The molecular weight excluding hydrogens is 280 g/mol. The van der Waals surface area contributed by atoms with E-state index in [-0.39, 0.29) is 11.5 Å². The molecule has 0 amide bonds. The first-order valence-corrected chi connectivity index (χ1v) is 6.80. The molecule has 0 radical (unpaired) electrons. The van der Waals surface area contributed by atoms with Crippen LogP contribution in [0.5, 0.6) is 5.75 Å². The Morgan fingerprint density at radius 2 is 2.05 bits per heavy atom. The standard InChI is InChI=1S/C17H14N2O3/c1-9-4-3-5-11(6-9)14-12(8-18)16(19)22-13-7-10(2)21-17(20)15(13)14/h3-7,14H,19H2,1-2H3. The summed E-state index contributed by atoms with van der Waals surface area (Å²) < 4.78 is 10.6. The lowest BCUT2D eigenvalue weighted by molar-refractivity contribution is 0.371. The van der Waals surface area contributed by atoms with Crippen LogP contribution in [-0.4, -0.2) is 0 Å². The zero-order valence-corrected chi connectivity index (χ0v) is 12.2. The van der Waals surface area contributed by atoms with E-state index in [0.29, 0.717) is 17.1 Å². The third-order valence-corrected chi connectivity index (χ3v) is 3.63. The third-order valence-electron chi connectivity index (χ3n) is 3.63. The van der Waals surface area contributed by atoms with Crippen LogP contribution in [0.4, 0.5) is 0 Å². The van der Waals surface area contributed by atoms with Crippen molar-refractivity contribution in [3.63, 3.8) is 0 Å². The molecule has 0 saturated heterocycles. The maximum absolute atomic E-state index is 12.3. The van der Waals surface area contributed by atoms with Gasteiger partial charge in [0.15, 0.2) is 0 Å². The van der Waals surface area contributed by atoms with Gasteiger partial charge in [-0.25, -0.2) is 4.79 Å². The van der Waals surface area contributed by atoms with Gasteiger partial charge < -0.3 is 14.9 Å². The second-order valence-corrected chi connectivity index (χ2v) is 5.26. The quantitative estimate of drug-likeness (QED) is 0.872. The molecular formula is C17H14N2O3. The molecule has 110 valence electrons. The Bertz CT molecular complexity index is 888. The van der Waals surface area contributed by atoms with Crippen molar-refractivity contribution < 1.29 is 9.15 Å². The molecule has 5 nitrogen and oxygen atoms in total. The number of nitrogens with zero attached hydrogens (tertiary/aromatic N) is 1. The maximum Gasteiger partial charge on any atom is 0.343 e. The third kappa shape index (κ3) is 2.15. The minimum atomic E-state index is -0.578. The van der Waals surface area contributed by atoms with Crippen LogP contribution in [-0.2, 0) is 0 Å². The van der Waals surface area contributed by atoms with Gasteiger partial charge in [-0.2, -0.15) is 5.26 Å². The highest BCUT2D eigenvalue weighted by molar-refractivity contribution is 5.54. The van der Waals surface area contributed by atoms with Gasteiger partial charge in [-0.1, -0.05) is 29.8 Å². The molecule has 2 aromatic rings. The van der Waals surface area contributed by atoms with Crippen molar-refractivity contribution in [2.24, 2.45) is 5.73 Å². The van der Waals surface area contributed by atoms with Crippen LogP contribution in [0.1, 0.15) is 28.4 Å². The Labute approximate surface area is 127 Å². The molecule has 0 saturated carbocycles. The molecule has 22 heavy (non-hydrogen) atoms. The Hall–Kier alpha value is -3.00. The number of fused-ring (bicyclic) bond motifs is 1. The normalized spacial score (nSPS) is 16.7. The van der Waals surface area contributed by atoms with E-state index in [0.717, 1.165) is 11.1 Å². The second-order valence-electron chi connectivity index (χ2n) is 5.26. The van der Waals surface area contributed by atoms with Gasteiger partial charge in [-0.3, -0.25) is 0 Å². The lowest BCUT2D eigenvalue weighted by Gasteiger charge is -2.25. The fraction of sp³-hybridized carbons (Fsp3) is 0.176. The Morgan fingerprint density at radius 1 is 1.27 bits per heavy atom.